The van der Waals surface area contributed by atoms with Crippen LogP contribution < -0.4 is 5.73 Å². The van der Waals surface area contributed by atoms with Crippen LogP contribution in [0.3, 0.4) is 0 Å². The Balaban J connectivity index is 2.65. The number of nitrogens with two attached hydrogens (primary N) is 1. The number of hydrogen-bond acceptors (Lipinski definition) is 2. The minimum atomic E-state index is 0.185. The van der Waals surface area contributed by atoms with Crippen LogP contribution in [0, 0.1) is 6.92 Å². The molecule has 10 heavy (non-hydrogen) atoms. The van der Waals surface area contributed by atoms with E-state index in [1.54, 1.807) is 6.26 Å². The molecule has 0 aliphatic rings. The smallest absolute Gasteiger partial charge is 0.108 e. The standard InChI is InChI=1S/C8H13NO/c1-6-3-4-10-8(6)5-7(2)9/h3-4,7H,5,9H2,1-2H3. The summed E-state index contributed by atoms with van der Waals surface area (Å²) in [5.74, 6) is 1.01. The van der Waals surface area contributed by atoms with Gasteiger partial charge in [-0.25, -0.2) is 0 Å². The molecule has 2 N–H and O–H groups in total. The van der Waals surface area contributed by atoms with E-state index in [4.69, 9.17) is 10.2 Å². The molecular weight excluding hydrogens is 126 g/mol. The van der Waals surface area contributed by atoms with Crippen LogP contribution in [0.15, 0.2) is 16.7 Å². The normalized spacial score (nSPS) is 13.5. The summed E-state index contributed by atoms with van der Waals surface area (Å²) in [6, 6.07) is 2.14. The molecule has 1 aromatic heterocycles. The second kappa shape index (κ2) is 2.88. The van der Waals surface area contributed by atoms with Gasteiger partial charge < -0.3 is 10.2 Å². The first-order valence-electron chi connectivity index (χ1n) is 3.48. The SMILES string of the molecule is Cc1ccoc1CC(C)N. The van der Waals surface area contributed by atoms with Crippen LogP contribution >= 0.6 is 0 Å². The zero-order valence-electron chi connectivity index (χ0n) is 6.42. The Bertz CT molecular complexity index is 203. The molecule has 1 aromatic rings. The highest BCUT2D eigenvalue weighted by Crippen LogP contribution is 2.09. The summed E-state index contributed by atoms with van der Waals surface area (Å²) in [4.78, 5) is 0. The second-order valence-corrected chi connectivity index (χ2v) is 2.71. The summed E-state index contributed by atoms with van der Waals surface area (Å²) in [5.41, 5.74) is 6.78. The molecule has 0 spiro atoms. The van der Waals surface area contributed by atoms with Crippen molar-refractivity contribution >= 4 is 0 Å². The van der Waals surface area contributed by atoms with Crippen LogP contribution in [-0.2, 0) is 6.42 Å². The molecule has 0 aromatic carbocycles. The fourth-order valence-electron chi connectivity index (χ4n) is 0.906. The third-order valence-electron chi connectivity index (χ3n) is 1.48. The van der Waals surface area contributed by atoms with Gasteiger partial charge in [0.15, 0.2) is 0 Å². The zero-order chi connectivity index (χ0) is 7.56. The molecule has 1 atom stereocenters. The average Bonchev–Trinajstić information content (AvgIpc) is 2.15. The van der Waals surface area contributed by atoms with Crippen LogP contribution in [0.25, 0.3) is 0 Å². The van der Waals surface area contributed by atoms with Gasteiger partial charge in [0.25, 0.3) is 0 Å². The highest BCUT2D eigenvalue weighted by Gasteiger charge is 2.03. The maximum atomic E-state index is 5.59. The van der Waals surface area contributed by atoms with E-state index in [0.29, 0.717) is 0 Å². The first kappa shape index (κ1) is 7.35. The van der Waals surface area contributed by atoms with Gasteiger partial charge in [-0.3, -0.25) is 0 Å². The molecule has 0 amide bonds. The topological polar surface area (TPSA) is 39.2 Å². The fourth-order valence-corrected chi connectivity index (χ4v) is 0.906. The van der Waals surface area contributed by atoms with Crippen LogP contribution in [0.1, 0.15) is 18.2 Å². The minimum absolute atomic E-state index is 0.185. The Hall–Kier alpha value is -0.760. The van der Waals surface area contributed by atoms with E-state index in [-0.39, 0.29) is 6.04 Å². The van der Waals surface area contributed by atoms with Crippen molar-refractivity contribution in [3.8, 4) is 0 Å². The van der Waals surface area contributed by atoms with Crippen molar-refractivity contribution < 1.29 is 4.42 Å². The van der Waals surface area contributed by atoms with E-state index in [1.165, 1.54) is 5.56 Å². The number of hydrogen-bond donors (Lipinski definition) is 1. The van der Waals surface area contributed by atoms with Gasteiger partial charge in [-0.05, 0) is 25.5 Å². The molecule has 0 saturated heterocycles. The molecule has 0 bridgehead atoms. The predicted octanol–water partition coefficient (Wildman–Crippen LogP) is 1.48. The van der Waals surface area contributed by atoms with Crippen LogP contribution in [0.4, 0.5) is 0 Å². The van der Waals surface area contributed by atoms with Crippen molar-refractivity contribution in [1.82, 2.24) is 0 Å². The van der Waals surface area contributed by atoms with E-state index in [9.17, 15) is 0 Å². The van der Waals surface area contributed by atoms with E-state index < -0.39 is 0 Å². The Kier molecular flexibility index (Phi) is 2.12. The number of furan rings is 1. The van der Waals surface area contributed by atoms with Crippen LogP contribution in [0.2, 0.25) is 0 Å². The quantitative estimate of drug-likeness (QED) is 0.674. The molecular formula is C8H13NO. The summed E-state index contributed by atoms with van der Waals surface area (Å²) in [7, 11) is 0. The summed E-state index contributed by atoms with van der Waals surface area (Å²) >= 11 is 0. The molecule has 0 fully saturated rings. The number of aryl methyl sites for hydroxylation is 1. The van der Waals surface area contributed by atoms with Gasteiger partial charge in [0.2, 0.25) is 0 Å². The van der Waals surface area contributed by atoms with Crippen LogP contribution in [-0.4, -0.2) is 6.04 Å². The largest absolute Gasteiger partial charge is 0.469 e. The van der Waals surface area contributed by atoms with E-state index >= 15 is 0 Å². The Morgan fingerprint density at radius 1 is 1.70 bits per heavy atom. The predicted molar refractivity (Wildman–Crippen MR) is 40.8 cm³/mol. The van der Waals surface area contributed by atoms with Gasteiger partial charge in [-0.15, -0.1) is 0 Å². The molecule has 0 saturated carbocycles. The van der Waals surface area contributed by atoms with Crippen molar-refractivity contribution in [3.05, 3.63) is 23.7 Å². The van der Waals surface area contributed by atoms with Crippen molar-refractivity contribution in [1.29, 1.82) is 0 Å². The van der Waals surface area contributed by atoms with E-state index in [0.717, 1.165) is 12.2 Å². The van der Waals surface area contributed by atoms with Gasteiger partial charge in [-0.1, -0.05) is 0 Å². The van der Waals surface area contributed by atoms with E-state index in [1.807, 2.05) is 19.9 Å². The van der Waals surface area contributed by atoms with Gasteiger partial charge in [-0.2, -0.15) is 0 Å². The lowest BCUT2D eigenvalue weighted by atomic mass is 10.1. The summed E-state index contributed by atoms with van der Waals surface area (Å²) in [5, 5.41) is 0. The summed E-state index contributed by atoms with van der Waals surface area (Å²) < 4.78 is 5.20. The molecule has 1 heterocycles. The average molecular weight is 139 g/mol. The molecule has 0 radical (unpaired) electrons. The lowest BCUT2D eigenvalue weighted by Gasteiger charge is -2.01. The monoisotopic (exact) mass is 139 g/mol. The third-order valence-corrected chi connectivity index (χ3v) is 1.48. The molecule has 1 rings (SSSR count). The highest BCUT2D eigenvalue weighted by atomic mass is 16.3. The van der Waals surface area contributed by atoms with Gasteiger partial charge in [0, 0.05) is 12.5 Å². The van der Waals surface area contributed by atoms with Gasteiger partial charge in [0.05, 0.1) is 6.26 Å². The molecule has 2 heteroatoms. The first-order valence-corrected chi connectivity index (χ1v) is 3.48. The molecule has 2 nitrogen and oxygen atoms in total. The maximum Gasteiger partial charge on any atom is 0.108 e. The Labute approximate surface area is 61.0 Å². The van der Waals surface area contributed by atoms with Crippen LogP contribution in [0.5, 0.6) is 0 Å². The lowest BCUT2D eigenvalue weighted by Crippen LogP contribution is -2.17. The molecule has 56 valence electrons. The van der Waals surface area contributed by atoms with Crippen molar-refractivity contribution in [3.63, 3.8) is 0 Å². The Morgan fingerprint density at radius 2 is 2.40 bits per heavy atom. The zero-order valence-corrected chi connectivity index (χ0v) is 6.42. The molecule has 0 aliphatic heterocycles. The highest BCUT2D eigenvalue weighted by molar-refractivity contribution is 5.15. The lowest BCUT2D eigenvalue weighted by molar-refractivity contribution is 0.489. The van der Waals surface area contributed by atoms with Gasteiger partial charge in [0.1, 0.15) is 5.76 Å². The summed E-state index contributed by atoms with van der Waals surface area (Å²) in [6.07, 6.45) is 2.53. The Morgan fingerprint density at radius 3 is 2.80 bits per heavy atom. The van der Waals surface area contributed by atoms with Crippen molar-refractivity contribution in [2.24, 2.45) is 5.73 Å². The molecule has 1 unspecified atom stereocenters. The van der Waals surface area contributed by atoms with E-state index in [2.05, 4.69) is 0 Å². The van der Waals surface area contributed by atoms with Crippen molar-refractivity contribution in [2.45, 2.75) is 26.3 Å². The third kappa shape index (κ3) is 1.61. The fraction of sp³-hybridized carbons (Fsp3) is 0.500. The summed E-state index contributed by atoms with van der Waals surface area (Å²) in [6.45, 7) is 4.00. The minimum Gasteiger partial charge on any atom is -0.469 e. The van der Waals surface area contributed by atoms with Gasteiger partial charge >= 0.3 is 0 Å². The number of rotatable bonds is 2. The first-order chi connectivity index (χ1) is 4.70. The second-order valence-electron chi connectivity index (χ2n) is 2.71. The van der Waals surface area contributed by atoms with Crippen molar-refractivity contribution in [2.75, 3.05) is 0 Å². The molecule has 0 aliphatic carbocycles. The maximum absolute atomic E-state index is 5.59.